The Kier molecular flexibility index (Phi) is 8.78. The van der Waals surface area contributed by atoms with Crippen LogP contribution in [0.5, 0.6) is 5.75 Å². The summed E-state index contributed by atoms with van der Waals surface area (Å²) in [5.41, 5.74) is 14.2. The number of hydrogen-bond acceptors (Lipinski definition) is 8. The van der Waals surface area contributed by atoms with Crippen LogP contribution in [-0.4, -0.2) is 65.4 Å². The molecule has 2 aromatic carbocycles. The zero-order valence-corrected chi connectivity index (χ0v) is 21.5. The summed E-state index contributed by atoms with van der Waals surface area (Å²) in [4.78, 5) is 13.4. The Morgan fingerprint density at radius 2 is 1.57 bits per heavy atom. The summed E-state index contributed by atoms with van der Waals surface area (Å²) in [6.45, 7) is 4.67. The van der Waals surface area contributed by atoms with E-state index in [0.29, 0.717) is 40.9 Å². The number of aromatic nitrogens is 2. The highest BCUT2D eigenvalue weighted by molar-refractivity contribution is 7.99. The predicted octanol–water partition coefficient (Wildman–Crippen LogP) is 4.17. The summed E-state index contributed by atoms with van der Waals surface area (Å²) in [6.07, 6.45) is -3.80. The van der Waals surface area contributed by atoms with Crippen LogP contribution in [0.25, 0.3) is 0 Å². The molecule has 0 bridgehead atoms. The lowest BCUT2D eigenvalue weighted by molar-refractivity contribution is -0.137. The van der Waals surface area contributed by atoms with Crippen molar-refractivity contribution in [3.8, 4) is 5.75 Å². The van der Waals surface area contributed by atoms with Gasteiger partial charge in [-0.05, 0) is 29.3 Å². The Hall–Kier alpha value is -3.02. The minimum atomic E-state index is -4.32. The number of methoxy groups -OCH3 is 1. The van der Waals surface area contributed by atoms with E-state index in [9.17, 15) is 13.2 Å². The Morgan fingerprint density at radius 3 is 2.24 bits per heavy atom. The third-order valence-corrected chi connectivity index (χ3v) is 7.16. The quantitative estimate of drug-likeness (QED) is 0.313. The number of hydrogen-bond donors (Lipinski definition) is 2. The molecule has 0 aliphatic carbocycles. The lowest BCUT2D eigenvalue weighted by Gasteiger charge is -2.34. The lowest BCUT2D eigenvalue weighted by Crippen LogP contribution is -2.46. The highest BCUT2D eigenvalue weighted by Gasteiger charge is 2.30. The van der Waals surface area contributed by atoms with Crippen molar-refractivity contribution in [1.82, 2.24) is 19.8 Å². The molecule has 1 aromatic heterocycles. The number of nitrogens with two attached hydrogens (primary N) is 2. The van der Waals surface area contributed by atoms with Gasteiger partial charge in [-0.25, -0.2) is 9.97 Å². The van der Waals surface area contributed by atoms with Crippen LogP contribution in [0.4, 0.5) is 24.8 Å². The molecule has 37 heavy (non-hydrogen) atoms. The first kappa shape index (κ1) is 27.0. The van der Waals surface area contributed by atoms with Crippen LogP contribution in [0.2, 0.25) is 0 Å². The van der Waals surface area contributed by atoms with Gasteiger partial charge in [0.25, 0.3) is 0 Å². The van der Waals surface area contributed by atoms with Crippen LogP contribution in [0, 0.1) is 0 Å². The van der Waals surface area contributed by atoms with Crippen molar-refractivity contribution < 1.29 is 17.9 Å². The maximum Gasteiger partial charge on any atom is 0.416 e. The largest absolute Gasteiger partial charge is 0.497 e. The van der Waals surface area contributed by atoms with E-state index in [-0.39, 0.29) is 0 Å². The molecule has 1 aliphatic heterocycles. The molecule has 3 aromatic rings. The second-order valence-corrected chi connectivity index (χ2v) is 10.0. The number of nitrogen functional groups attached to an aromatic ring is 2. The van der Waals surface area contributed by atoms with Crippen molar-refractivity contribution in [2.45, 2.75) is 24.3 Å². The van der Waals surface area contributed by atoms with Crippen LogP contribution in [0.3, 0.4) is 0 Å². The average molecular weight is 533 g/mol. The normalized spacial score (nSPS) is 15.1. The van der Waals surface area contributed by atoms with Crippen molar-refractivity contribution in [3.63, 3.8) is 0 Å². The number of thioether (sulfide) groups is 1. The van der Waals surface area contributed by atoms with Gasteiger partial charge in [-0.1, -0.05) is 42.1 Å². The van der Waals surface area contributed by atoms with E-state index >= 15 is 0 Å². The molecular weight excluding hydrogens is 501 g/mol. The molecule has 0 unspecified atom stereocenters. The lowest BCUT2D eigenvalue weighted by atomic mass is 10.1. The van der Waals surface area contributed by atoms with E-state index in [1.54, 1.807) is 13.2 Å². The summed E-state index contributed by atoms with van der Waals surface area (Å²) < 4.78 is 44.2. The summed E-state index contributed by atoms with van der Waals surface area (Å²) in [7, 11) is 1.62. The zero-order valence-electron chi connectivity index (χ0n) is 20.7. The van der Waals surface area contributed by atoms with E-state index in [1.807, 2.05) is 24.3 Å². The molecule has 1 aliphatic rings. The van der Waals surface area contributed by atoms with Gasteiger partial charge in [0, 0.05) is 57.0 Å². The molecule has 0 spiro atoms. The number of piperazine rings is 1. The van der Waals surface area contributed by atoms with Crippen LogP contribution < -0.4 is 16.2 Å². The van der Waals surface area contributed by atoms with E-state index in [4.69, 9.17) is 16.2 Å². The van der Waals surface area contributed by atoms with Gasteiger partial charge in [-0.2, -0.15) is 13.2 Å². The van der Waals surface area contributed by atoms with Crippen LogP contribution in [-0.2, 0) is 19.1 Å². The van der Waals surface area contributed by atoms with Crippen molar-refractivity contribution in [2.24, 2.45) is 0 Å². The molecule has 1 saturated heterocycles. The maximum absolute atomic E-state index is 13.0. The monoisotopic (exact) mass is 532 g/mol. The Morgan fingerprint density at radius 1 is 0.919 bits per heavy atom. The van der Waals surface area contributed by atoms with Crippen LogP contribution in [0.15, 0.2) is 53.7 Å². The van der Waals surface area contributed by atoms with E-state index < -0.39 is 11.7 Å². The number of halogens is 3. The molecule has 198 valence electrons. The first-order chi connectivity index (χ1) is 17.7. The summed E-state index contributed by atoms with van der Waals surface area (Å²) in [6, 6.07) is 13.3. The first-order valence-electron chi connectivity index (χ1n) is 12.0. The standard InChI is InChI=1S/C26H31F3N6OS/c1-36-21-7-3-4-18(15-21)16-22-23(30)32-25(33-24(22)31)37-13-12-34-8-10-35(11-9-34)17-19-5-2-6-20(14-19)26(27,28)29/h2-7,14-15H,8-13,16-17H2,1H3,(H4,30,31,32,33). The molecule has 4 rings (SSSR count). The highest BCUT2D eigenvalue weighted by atomic mass is 32.2. The topological polar surface area (TPSA) is 93.5 Å². The van der Waals surface area contributed by atoms with Gasteiger partial charge in [0.2, 0.25) is 0 Å². The van der Waals surface area contributed by atoms with Gasteiger partial charge in [0.1, 0.15) is 17.4 Å². The second-order valence-electron chi connectivity index (χ2n) is 8.95. The molecule has 4 N–H and O–H groups in total. The number of benzene rings is 2. The number of alkyl halides is 3. The highest BCUT2D eigenvalue weighted by Crippen LogP contribution is 2.30. The number of anilines is 2. The Bertz CT molecular complexity index is 1180. The van der Waals surface area contributed by atoms with Crippen molar-refractivity contribution in [3.05, 3.63) is 70.8 Å². The number of ether oxygens (including phenoxy) is 1. The molecule has 7 nitrogen and oxygen atoms in total. The fourth-order valence-corrected chi connectivity index (χ4v) is 5.13. The molecule has 0 radical (unpaired) electrons. The van der Waals surface area contributed by atoms with Crippen molar-refractivity contribution in [2.75, 3.05) is 57.1 Å². The van der Waals surface area contributed by atoms with Gasteiger partial charge >= 0.3 is 6.18 Å². The average Bonchev–Trinajstić information content (AvgIpc) is 2.87. The van der Waals surface area contributed by atoms with E-state index in [0.717, 1.165) is 55.9 Å². The summed E-state index contributed by atoms with van der Waals surface area (Å²) in [5, 5.41) is 0.549. The fraction of sp³-hybridized carbons (Fsp3) is 0.385. The first-order valence-corrected chi connectivity index (χ1v) is 13.0. The van der Waals surface area contributed by atoms with Gasteiger partial charge in [0.05, 0.1) is 12.7 Å². The minimum absolute atomic E-state index is 0.376. The summed E-state index contributed by atoms with van der Waals surface area (Å²) in [5.74, 6) is 2.29. The Labute approximate surface area is 219 Å². The van der Waals surface area contributed by atoms with Crippen LogP contribution >= 0.6 is 11.8 Å². The van der Waals surface area contributed by atoms with Gasteiger partial charge in [-0.3, -0.25) is 9.80 Å². The minimum Gasteiger partial charge on any atom is -0.497 e. The third-order valence-electron chi connectivity index (χ3n) is 6.33. The molecule has 0 amide bonds. The molecule has 0 saturated carbocycles. The van der Waals surface area contributed by atoms with Gasteiger partial charge in [-0.15, -0.1) is 0 Å². The van der Waals surface area contributed by atoms with Gasteiger partial charge < -0.3 is 16.2 Å². The van der Waals surface area contributed by atoms with Crippen molar-refractivity contribution >= 4 is 23.4 Å². The van der Waals surface area contributed by atoms with E-state index in [1.165, 1.54) is 23.9 Å². The van der Waals surface area contributed by atoms with Crippen LogP contribution in [0.1, 0.15) is 22.3 Å². The zero-order chi connectivity index (χ0) is 26.4. The molecule has 1 fully saturated rings. The summed E-state index contributed by atoms with van der Waals surface area (Å²) >= 11 is 1.51. The second kappa shape index (κ2) is 12.0. The molecule has 0 atom stereocenters. The smallest absolute Gasteiger partial charge is 0.416 e. The maximum atomic E-state index is 13.0. The van der Waals surface area contributed by atoms with Crippen molar-refractivity contribution in [1.29, 1.82) is 0 Å². The van der Waals surface area contributed by atoms with E-state index in [2.05, 4.69) is 19.8 Å². The molecular formula is C26H31F3N6OS. The predicted molar refractivity (Wildman–Crippen MR) is 141 cm³/mol. The fourth-order valence-electron chi connectivity index (χ4n) is 4.27. The number of rotatable bonds is 9. The molecule has 11 heteroatoms. The van der Waals surface area contributed by atoms with Gasteiger partial charge in [0.15, 0.2) is 5.16 Å². The number of nitrogens with zero attached hydrogens (tertiary/aromatic N) is 4. The third kappa shape index (κ3) is 7.50. The Balaban J connectivity index is 1.23. The SMILES string of the molecule is COc1cccc(Cc2c(N)nc(SCCN3CCN(Cc4cccc(C(F)(F)F)c4)CC3)nc2N)c1. The molecule has 2 heterocycles.